The predicted octanol–water partition coefficient (Wildman–Crippen LogP) is 9.86. The third-order valence-corrected chi connectivity index (χ3v) is 12.9. The van der Waals surface area contributed by atoms with Crippen molar-refractivity contribution in [3.8, 4) is 11.1 Å². The van der Waals surface area contributed by atoms with Gasteiger partial charge in [-0.05, 0) is 101 Å². The molecule has 0 unspecified atom stereocenters. The second-order valence-electron chi connectivity index (χ2n) is 17.3. The lowest BCUT2D eigenvalue weighted by Gasteiger charge is -2.56. The Bertz CT molecular complexity index is 2010. The zero-order valence-corrected chi connectivity index (χ0v) is 32.8. The summed E-state index contributed by atoms with van der Waals surface area (Å²) in [6, 6.07) is 46.3. The SMILES string of the molecule is O=C(NCc1cccc(-c2ccc([C@H]3O[C@@H](CN(Cc4ccccc4)Cc4ccccc4)C[C@@H](c4ccc(CO)cc4)O3)cc2)c1)NC12CC3CC(CC(C3)C1)C2. The molecule has 4 bridgehead atoms. The number of carbonyl (C=O) groups is 1. The van der Waals surface area contributed by atoms with E-state index in [4.69, 9.17) is 9.47 Å². The van der Waals surface area contributed by atoms with Crippen LogP contribution >= 0.6 is 0 Å². The molecule has 10 rings (SSSR count). The number of benzene rings is 5. The predicted molar refractivity (Wildman–Crippen MR) is 224 cm³/mol. The molecule has 1 saturated heterocycles. The summed E-state index contributed by atoms with van der Waals surface area (Å²) in [5, 5.41) is 16.3. The number of carbonyl (C=O) groups excluding carboxylic acids is 1. The van der Waals surface area contributed by atoms with Crippen molar-refractivity contribution in [2.75, 3.05) is 6.54 Å². The highest BCUT2D eigenvalue weighted by molar-refractivity contribution is 5.75. The van der Waals surface area contributed by atoms with E-state index in [2.05, 4.69) is 137 Å². The molecule has 5 aromatic carbocycles. The molecule has 4 aliphatic carbocycles. The van der Waals surface area contributed by atoms with Gasteiger partial charge in [0.1, 0.15) is 0 Å². The molecule has 1 heterocycles. The molecule has 3 atom stereocenters. The van der Waals surface area contributed by atoms with E-state index < -0.39 is 6.29 Å². The Hall–Kier alpha value is -4.79. The Kier molecular flexibility index (Phi) is 11.2. The first-order valence-electron chi connectivity index (χ1n) is 21.0. The number of nitrogens with one attached hydrogen (secondary N) is 2. The summed E-state index contributed by atoms with van der Waals surface area (Å²) in [4.78, 5) is 15.6. The largest absolute Gasteiger partial charge is 0.392 e. The van der Waals surface area contributed by atoms with Gasteiger partial charge in [0.25, 0.3) is 0 Å². The standard InChI is InChI=1S/C50H55N3O4/c54-34-37-14-16-43(17-15-37)47-26-46(33-53(31-35-8-3-1-4-9-35)32-36-10-5-2-6-11-36)56-48(57-47)44-20-18-42(19-21-44)45-13-7-12-38(25-45)30-51-49(55)52-50-27-39-22-40(28-50)24-41(23-39)29-50/h1-21,25,39-41,46-48,54H,22-24,26-34H2,(H2,51,52,55)/t39?,40?,41?,46-,47+,48+,50?/m1/s1. The molecule has 3 N–H and O–H groups in total. The number of ether oxygens (including phenoxy) is 2. The topological polar surface area (TPSA) is 83.1 Å². The highest BCUT2D eigenvalue weighted by Crippen LogP contribution is 2.55. The van der Waals surface area contributed by atoms with Gasteiger partial charge in [-0.15, -0.1) is 0 Å². The fraction of sp³-hybridized carbons (Fsp3) is 0.380. The third kappa shape index (κ3) is 9.18. The Labute approximate surface area is 337 Å². The summed E-state index contributed by atoms with van der Waals surface area (Å²) in [6.07, 6.45) is 7.46. The maximum atomic E-state index is 13.2. The average molecular weight is 762 g/mol. The maximum Gasteiger partial charge on any atom is 0.315 e. The van der Waals surface area contributed by atoms with Crippen LogP contribution in [0.1, 0.15) is 90.7 Å². The van der Waals surface area contributed by atoms with E-state index in [1.807, 2.05) is 12.1 Å². The van der Waals surface area contributed by atoms with Gasteiger partial charge >= 0.3 is 6.03 Å². The van der Waals surface area contributed by atoms with Crippen LogP contribution in [0.5, 0.6) is 0 Å². The zero-order valence-electron chi connectivity index (χ0n) is 32.8. The van der Waals surface area contributed by atoms with E-state index in [1.165, 1.54) is 30.4 Å². The van der Waals surface area contributed by atoms with Crippen molar-refractivity contribution in [3.05, 3.63) is 167 Å². The Morgan fingerprint density at radius 1 is 0.632 bits per heavy atom. The monoisotopic (exact) mass is 761 g/mol. The van der Waals surface area contributed by atoms with Crippen LogP contribution in [0.2, 0.25) is 0 Å². The second kappa shape index (κ2) is 17.0. The lowest BCUT2D eigenvalue weighted by Crippen LogP contribution is -2.61. The fourth-order valence-corrected chi connectivity index (χ4v) is 10.6. The Morgan fingerprint density at radius 2 is 1.23 bits per heavy atom. The van der Waals surface area contributed by atoms with E-state index in [1.54, 1.807) is 0 Å². The molecule has 5 aliphatic rings. The minimum absolute atomic E-state index is 0.00245. The normalized spacial score (nSPS) is 26.4. The van der Waals surface area contributed by atoms with Crippen LogP contribution in [0.15, 0.2) is 133 Å². The number of aliphatic hydroxyl groups excluding tert-OH is 1. The summed E-state index contributed by atoms with van der Waals surface area (Å²) in [7, 11) is 0. The van der Waals surface area contributed by atoms with Crippen molar-refractivity contribution in [2.45, 2.75) is 95.2 Å². The Balaban J connectivity index is 0.887. The molecule has 5 fully saturated rings. The van der Waals surface area contributed by atoms with E-state index in [-0.39, 0.29) is 30.4 Å². The number of urea groups is 1. The first-order chi connectivity index (χ1) is 27.9. The average Bonchev–Trinajstić information content (AvgIpc) is 3.23. The Morgan fingerprint density at radius 3 is 1.84 bits per heavy atom. The van der Waals surface area contributed by atoms with Crippen LogP contribution in [0.4, 0.5) is 4.79 Å². The molecule has 7 heteroatoms. The van der Waals surface area contributed by atoms with E-state index in [0.29, 0.717) is 13.0 Å². The van der Waals surface area contributed by atoms with Crippen molar-refractivity contribution < 1.29 is 19.4 Å². The van der Waals surface area contributed by atoms with Gasteiger partial charge in [0.15, 0.2) is 6.29 Å². The fourth-order valence-electron chi connectivity index (χ4n) is 10.6. The van der Waals surface area contributed by atoms with Crippen LogP contribution in [-0.2, 0) is 35.7 Å². The van der Waals surface area contributed by atoms with Gasteiger partial charge in [-0.3, -0.25) is 4.90 Å². The van der Waals surface area contributed by atoms with Crippen LogP contribution in [-0.4, -0.2) is 34.2 Å². The molecule has 0 spiro atoms. The molecule has 0 radical (unpaired) electrons. The van der Waals surface area contributed by atoms with Crippen molar-refractivity contribution >= 4 is 6.03 Å². The quantitative estimate of drug-likeness (QED) is 0.111. The van der Waals surface area contributed by atoms with Gasteiger partial charge in [0.05, 0.1) is 18.8 Å². The van der Waals surface area contributed by atoms with Crippen molar-refractivity contribution in [3.63, 3.8) is 0 Å². The highest BCUT2D eigenvalue weighted by Gasteiger charge is 2.51. The van der Waals surface area contributed by atoms with E-state index in [9.17, 15) is 9.90 Å². The molecular weight excluding hydrogens is 707 g/mol. The number of hydrogen-bond donors (Lipinski definition) is 3. The van der Waals surface area contributed by atoms with Gasteiger partial charge in [0.2, 0.25) is 0 Å². The van der Waals surface area contributed by atoms with Crippen molar-refractivity contribution in [1.82, 2.24) is 15.5 Å². The van der Waals surface area contributed by atoms with Gasteiger partial charge < -0.3 is 25.2 Å². The van der Waals surface area contributed by atoms with Gasteiger partial charge in [0, 0.05) is 43.7 Å². The minimum Gasteiger partial charge on any atom is -0.392 e. The molecule has 1 aliphatic heterocycles. The van der Waals surface area contributed by atoms with Crippen LogP contribution in [0.3, 0.4) is 0 Å². The minimum atomic E-state index is -0.543. The molecule has 5 aromatic rings. The maximum absolute atomic E-state index is 13.2. The molecular formula is C50H55N3O4. The van der Waals surface area contributed by atoms with Crippen LogP contribution < -0.4 is 10.6 Å². The molecule has 4 saturated carbocycles. The van der Waals surface area contributed by atoms with Gasteiger partial charge in [-0.25, -0.2) is 4.79 Å². The van der Waals surface area contributed by atoms with Crippen LogP contribution in [0, 0.1) is 17.8 Å². The van der Waals surface area contributed by atoms with Gasteiger partial charge in [-0.1, -0.05) is 127 Å². The number of aliphatic hydroxyl groups is 1. The second-order valence-corrected chi connectivity index (χ2v) is 17.3. The van der Waals surface area contributed by atoms with Crippen molar-refractivity contribution in [2.24, 2.45) is 17.8 Å². The first-order valence-corrected chi connectivity index (χ1v) is 21.0. The molecule has 0 aromatic heterocycles. The summed E-state index contributed by atoms with van der Waals surface area (Å²) in [5.74, 6) is 2.39. The first kappa shape index (κ1) is 37.8. The molecule has 294 valence electrons. The molecule has 7 nitrogen and oxygen atoms in total. The lowest BCUT2D eigenvalue weighted by molar-refractivity contribution is -0.253. The number of rotatable bonds is 13. The summed E-state index contributed by atoms with van der Waals surface area (Å²) < 4.78 is 13.6. The molecule has 2 amide bonds. The van der Waals surface area contributed by atoms with E-state index >= 15 is 0 Å². The lowest BCUT2D eigenvalue weighted by atomic mass is 9.53. The zero-order chi connectivity index (χ0) is 38.6. The highest BCUT2D eigenvalue weighted by atomic mass is 16.7. The number of hydrogen-bond acceptors (Lipinski definition) is 5. The number of amides is 2. The number of nitrogens with zero attached hydrogens (tertiary/aromatic N) is 1. The molecule has 57 heavy (non-hydrogen) atoms. The van der Waals surface area contributed by atoms with Crippen LogP contribution in [0.25, 0.3) is 11.1 Å². The third-order valence-electron chi connectivity index (χ3n) is 12.9. The van der Waals surface area contributed by atoms with E-state index in [0.717, 1.165) is 90.0 Å². The van der Waals surface area contributed by atoms with Gasteiger partial charge in [-0.2, -0.15) is 0 Å². The summed E-state index contributed by atoms with van der Waals surface area (Å²) in [6.45, 7) is 2.87. The summed E-state index contributed by atoms with van der Waals surface area (Å²) >= 11 is 0. The van der Waals surface area contributed by atoms with Crippen molar-refractivity contribution in [1.29, 1.82) is 0 Å². The summed E-state index contributed by atoms with van der Waals surface area (Å²) in [5.41, 5.74) is 8.74. The smallest absolute Gasteiger partial charge is 0.315 e.